The number of hydrogen-bond acceptors (Lipinski definition) is 5. The van der Waals surface area contributed by atoms with E-state index < -0.39 is 11.6 Å². The van der Waals surface area contributed by atoms with Gasteiger partial charge >= 0.3 is 0 Å². The van der Waals surface area contributed by atoms with Crippen molar-refractivity contribution >= 4 is 22.8 Å². The van der Waals surface area contributed by atoms with Crippen molar-refractivity contribution in [3.8, 4) is 5.75 Å². The van der Waals surface area contributed by atoms with Gasteiger partial charge in [0.25, 0.3) is 0 Å². The predicted molar refractivity (Wildman–Crippen MR) is 143 cm³/mol. The van der Waals surface area contributed by atoms with Crippen LogP contribution in [0.4, 0.5) is 0 Å². The number of hydrogen-bond donors (Lipinski definition) is 1. The van der Waals surface area contributed by atoms with Crippen LogP contribution in [0.15, 0.2) is 78.9 Å². The molecule has 0 spiro atoms. The Bertz CT molecular complexity index is 1340. The highest BCUT2D eigenvalue weighted by Crippen LogP contribution is 2.27. The molecule has 0 bridgehead atoms. The van der Waals surface area contributed by atoms with Crippen molar-refractivity contribution in [1.82, 2.24) is 25.2 Å². The quantitative estimate of drug-likeness (QED) is 0.366. The lowest BCUT2D eigenvalue weighted by Gasteiger charge is -2.34. The van der Waals surface area contributed by atoms with Crippen molar-refractivity contribution in [1.29, 1.82) is 0 Å². The zero-order valence-electron chi connectivity index (χ0n) is 21.7. The Balaban J connectivity index is 1.75. The number of aromatic nitrogens is 3. The van der Waals surface area contributed by atoms with E-state index in [1.807, 2.05) is 107 Å². The summed E-state index contributed by atoms with van der Waals surface area (Å²) in [6.07, 6.45) is 0. The van der Waals surface area contributed by atoms with Crippen LogP contribution in [0, 0.1) is 0 Å². The van der Waals surface area contributed by atoms with E-state index in [0.717, 1.165) is 11.1 Å². The number of ether oxygens (including phenoxy) is 1. The third kappa shape index (κ3) is 6.52. The average Bonchev–Trinajstić information content (AvgIpc) is 3.27. The van der Waals surface area contributed by atoms with Crippen LogP contribution < -0.4 is 10.1 Å². The fourth-order valence-electron chi connectivity index (χ4n) is 4.18. The van der Waals surface area contributed by atoms with Gasteiger partial charge in [-0.3, -0.25) is 9.59 Å². The molecule has 2 amide bonds. The maximum Gasteiger partial charge on any atom is 0.247 e. The molecule has 0 unspecified atom stereocenters. The molecule has 1 N–H and O–H groups in total. The third-order valence-electron chi connectivity index (χ3n) is 5.79. The molecule has 4 aromatic rings. The number of nitrogens with zero attached hydrogens (tertiary/aromatic N) is 4. The Morgan fingerprint density at radius 3 is 2.32 bits per heavy atom. The van der Waals surface area contributed by atoms with Crippen LogP contribution in [-0.2, 0) is 22.7 Å². The lowest BCUT2D eigenvalue weighted by Crippen LogP contribution is -2.49. The summed E-state index contributed by atoms with van der Waals surface area (Å²) in [7, 11) is 0. The van der Waals surface area contributed by atoms with E-state index in [4.69, 9.17) is 4.74 Å². The van der Waals surface area contributed by atoms with Crippen LogP contribution in [0.25, 0.3) is 11.0 Å². The molecule has 1 aromatic heterocycles. The molecule has 0 aliphatic carbocycles. The van der Waals surface area contributed by atoms with Gasteiger partial charge in [-0.1, -0.05) is 59.8 Å². The molecule has 8 heteroatoms. The summed E-state index contributed by atoms with van der Waals surface area (Å²) in [4.78, 5) is 29.3. The number of fused-ring (bicyclic) bond motifs is 1. The molecule has 192 valence electrons. The van der Waals surface area contributed by atoms with E-state index in [-0.39, 0.29) is 24.9 Å². The minimum Gasteiger partial charge on any atom is -0.494 e. The van der Waals surface area contributed by atoms with Crippen LogP contribution in [0.1, 0.15) is 44.9 Å². The number of carbonyl (C=O) groups excluding carboxylic acids is 2. The zero-order valence-corrected chi connectivity index (χ0v) is 21.7. The van der Waals surface area contributed by atoms with E-state index in [1.54, 1.807) is 9.58 Å². The predicted octanol–water partition coefficient (Wildman–Crippen LogP) is 4.51. The largest absolute Gasteiger partial charge is 0.494 e. The van der Waals surface area contributed by atoms with Gasteiger partial charge in [0.2, 0.25) is 11.8 Å². The summed E-state index contributed by atoms with van der Waals surface area (Å²) in [5, 5.41) is 11.4. The highest BCUT2D eigenvalue weighted by atomic mass is 16.5. The van der Waals surface area contributed by atoms with E-state index >= 15 is 0 Å². The Morgan fingerprint density at radius 1 is 0.973 bits per heavy atom. The number of nitrogens with one attached hydrogen (secondary N) is 1. The fraction of sp³-hybridized carbons (Fsp3) is 0.310. The maximum absolute atomic E-state index is 13.9. The molecule has 0 saturated carbocycles. The van der Waals surface area contributed by atoms with Gasteiger partial charge in [0, 0.05) is 12.1 Å². The molecule has 4 rings (SSSR count). The Hall–Kier alpha value is -4.20. The Kier molecular flexibility index (Phi) is 7.86. The smallest absolute Gasteiger partial charge is 0.247 e. The number of para-hydroxylation sites is 1. The van der Waals surface area contributed by atoms with Crippen molar-refractivity contribution < 1.29 is 14.3 Å². The van der Waals surface area contributed by atoms with Crippen molar-refractivity contribution in [3.05, 3.63) is 90.0 Å². The molecule has 1 atom stereocenters. The number of carbonyl (C=O) groups is 2. The minimum absolute atomic E-state index is 0.0519. The highest BCUT2D eigenvalue weighted by molar-refractivity contribution is 5.89. The number of amides is 2. The van der Waals surface area contributed by atoms with E-state index in [0.29, 0.717) is 23.4 Å². The monoisotopic (exact) mass is 499 g/mol. The first-order chi connectivity index (χ1) is 17.7. The summed E-state index contributed by atoms with van der Waals surface area (Å²) in [5.74, 6) is 0.197. The van der Waals surface area contributed by atoms with Crippen molar-refractivity contribution in [3.63, 3.8) is 0 Å². The van der Waals surface area contributed by atoms with Gasteiger partial charge < -0.3 is 15.0 Å². The second kappa shape index (κ2) is 11.2. The Labute approximate surface area is 217 Å². The van der Waals surface area contributed by atoms with Crippen LogP contribution in [-0.4, -0.2) is 43.9 Å². The summed E-state index contributed by atoms with van der Waals surface area (Å²) >= 11 is 0. The molecule has 37 heavy (non-hydrogen) atoms. The van der Waals surface area contributed by atoms with Crippen LogP contribution >= 0.6 is 0 Å². The summed E-state index contributed by atoms with van der Waals surface area (Å²) in [6, 6.07) is 23.6. The van der Waals surface area contributed by atoms with E-state index in [9.17, 15) is 9.59 Å². The summed E-state index contributed by atoms with van der Waals surface area (Å²) < 4.78 is 7.17. The standard InChI is InChI=1S/C29H33N5O3/c1-5-37-23-17-15-22(16-18-23)27(28(36)30-29(2,3)4)33(19-21-11-7-6-8-12-21)26(35)20-34-25-14-10-9-13-24(25)31-32-34/h6-18,27H,5,19-20H2,1-4H3,(H,30,36)/t27-/m0/s1. The first kappa shape index (κ1) is 25.9. The fourth-order valence-corrected chi connectivity index (χ4v) is 4.18. The zero-order chi connectivity index (χ0) is 26.4. The van der Waals surface area contributed by atoms with Gasteiger partial charge in [-0.25, -0.2) is 4.68 Å². The van der Waals surface area contributed by atoms with Gasteiger partial charge in [-0.2, -0.15) is 0 Å². The number of benzene rings is 3. The van der Waals surface area contributed by atoms with Gasteiger partial charge in [-0.05, 0) is 63.1 Å². The lowest BCUT2D eigenvalue weighted by atomic mass is 10.0. The topological polar surface area (TPSA) is 89.4 Å². The maximum atomic E-state index is 13.9. The van der Waals surface area contributed by atoms with Gasteiger partial charge in [0.05, 0.1) is 12.1 Å². The van der Waals surface area contributed by atoms with Crippen molar-refractivity contribution in [2.75, 3.05) is 6.61 Å². The van der Waals surface area contributed by atoms with Gasteiger partial charge in [0.15, 0.2) is 0 Å². The normalized spacial score (nSPS) is 12.2. The van der Waals surface area contributed by atoms with Gasteiger partial charge in [-0.15, -0.1) is 5.10 Å². The second-order valence-corrected chi connectivity index (χ2v) is 9.89. The molecule has 0 aliphatic rings. The van der Waals surface area contributed by atoms with Crippen LogP contribution in [0.2, 0.25) is 0 Å². The lowest BCUT2D eigenvalue weighted by molar-refractivity contribution is -0.142. The average molecular weight is 500 g/mol. The molecule has 0 radical (unpaired) electrons. The van der Waals surface area contributed by atoms with E-state index in [1.165, 1.54) is 0 Å². The summed E-state index contributed by atoms with van der Waals surface area (Å²) in [5.41, 5.74) is 2.59. The van der Waals surface area contributed by atoms with Crippen molar-refractivity contribution in [2.24, 2.45) is 0 Å². The number of rotatable bonds is 9. The third-order valence-corrected chi connectivity index (χ3v) is 5.79. The first-order valence-electron chi connectivity index (χ1n) is 12.4. The molecular formula is C29H33N5O3. The van der Waals surface area contributed by atoms with Crippen LogP contribution in [0.5, 0.6) is 5.75 Å². The molecule has 8 nitrogen and oxygen atoms in total. The molecule has 3 aromatic carbocycles. The molecule has 0 saturated heterocycles. The van der Waals surface area contributed by atoms with Gasteiger partial charge in [0.1, 0.15) is 23.9 Å². The second-order valence-electron chi connectivity index (χ2n) is 9.89. The molecular weight excluding hydrogens is 466 g/mol. The molecule has 0 aliphatic heterocycles. The molecule has 1 heterocycles. The highest BCUT2D eigenvalue weighted by Gasteiger charge is 2.33. The van der Waals surface area contributed by atoms with E-state index in [2.05, 4.69) is 15.6 Å². The minimum atomic E-state index is -0.864. The Morgan fingerprint density at radius 2 is 1.65 bits per heavy atom. The molecule has 0 fully saturated rings. The van der Waals surface area contributed by atoms with Crippen LogP contribution in [0.3, 0.4) is 0 Å². The SMILES string of the molecule is CCOc1ccc([C@@H](C(=O)NC(C)(C)C)N(Cc2ccccc2)C(=O)Cn2nnc3ccccc32)cc1. The first-order valence-corrected chi connectivity index (χ1v) is 12.4. The summed E-state index contributed by atoms with van der Waals surface area (Å²) in [6.45, 7) is 8.42. The van der Waals surface area contributed by atoms with Crippen molar-refractivity contribution in [2.45, 2.75) is 52.4 Å².